The molecule has 1 aliphatic rings. The van der Waals surface area contributed by atoms with E-state index in [1.165, 1.54) is 0 Å². The fourth-order valence-corrected chi connectivity index (χ4v) is 3.17. The van der Waals surface area contributed by atoms with Gasteiger partial charge in [-0.3, -0.25) is 4.79 Å². The van der Waals surface area contributed by atoms with Crippen LogP contribution in [0.15, 0.2) is 0 Å². The highest BCUT2D eigenvalue weighted by molar-refractivity contribution is 5.79. The van der Waals surface area contributed by atoms with Gasteiger partial charge in [-0.1, -0.05) is 20.8 Å². The van der Waals surface area contributed by atoms with Crippen LogP contribution in [0, 0.1) is 17.3 Å². The topological polar surface area (TPSA) is 40.5 Å². The lowest BCUT2D eigenvalue weighted by molar-refractivity contribution is -0.139. The highest BCUT2D eigenvalue weighted by Crippen LogP contribution is 2.40. The van der Waals surface area contributed by atoms with Crippen LogP contribution in [0.4, 0.5) is 0 Å². The predicted octanol–water partition coefficient (Wildman–Crippen LogP) is 3.07. The van der Waals surface area contributed by atoms with Gasteiger partial charge >= 0.3 is 0 Å². The molecule has 0 spiro atoms. The average molecular weight is 269 g/mol. The zero-order valence-corrected chi connectivity index (χ0v) is 13.3. The lowest BCUT2D eigenvalue weighted by Gasteiger charge is -2.38. The summed E-state index contributed by atoms with van der Waals surface area (Å²) in [6.45, 7) is 11.5. The molecule has 0 aromatic carbocycles. The first-order valence-corrected chi connectivity index (χ1v) is 7.68. The SMILES string of the molecule is CC(C)N(CCO)C(=O)C1CCC(C(C)(C)C)CC1. The van der Waals surface area contributed by atoms with E-state index >= 15 is 0 Å². The second-order valence-electron chi connectivity index (χ2n) is 7.26. The second-order valence-corrected chi connectivity index (χ2v) is 7.26. The Hall–Kier alpha value is -0.570. The van der Waals surface area contributed by atoms with Crippen LogP contribution in [0.2, 0.25) is 0 Å². The first-order chi connectivity index (χ1) is 8.77. The van der Waals surface area contributed by atoms with Crippen LogP contribution >= 0.6 is 0 Å². The summed E-state index contributed by atoms with van der Waals surface area (Å²) >= 11 is 0. The molecule has 1 rings (SSSR count). The highest BCUT2D eigenvalue weighted by Gasteiger charge is 2.34. The Kier molecular flexibility index (Phi) is 5.84. The average Bonchev–Trinajstić information content (AvgIpc) is 2.34. The predicted molar refractivity (Wildman–Crippen MR) is 78.8 cm³/mol. The van der Waals surface area contributed by atoms with E-state index in [4.69, 9.17) is 5.11 Å². The molecule has 19 heavy (non-hydrogen) atoms. The number of hydrogen-bond acceptors (Lipinski definition) is 2. The van der Waals surface area contributed by atoms with Crippen molar-refractivity contribution in [3.8, 4) is 0 Å². The molecule has 3 nitrogen and oxygen atoms in total. The van der Waals surface area contributed by atoms with Crippen molar-refractivity contribution in [3.63, 3.8) is 0 Å². The number of aliphatic hydroxyl groups is 1. The molecule has 0 heterocycles. The summed E-state index contributed by atoms with van der Waals surface area (Å²) in [7, 11) is 0. The maximum atomic E-state index is 12.5. The minimum Gasteiger partial charge on any atom is -0.395 e. The summed E-state index contributed by atoms with van der Waals surface area (Å²) in [5, 5.41) is 9.09. The zero-order chi connectivity index (χ0) is 14.6. The van der Waals surface area contributed by atoms with Crippen LogP contribution in [0.1, 0.15) is 60.3 Å². The standard InChI is InChI=1S/C16H31NO2/c1-12(2)17(10-11-18)15(19)13-6-8-14(9-7-13)16(3,4)5/h12-14,18H,6-11H2,1-5H3. The number of amides is 1. The fraction of sp³-hybridized carbons (Fsp3) is 0.938. The van der Waals surface area contributed by atoms with E-state index in [2.05, 4.69) is 20.8 Å². The van der Waals surface area contributed by atoms with Gasteiger partial charge in [-0.2, -0.15) is 0 Å². The molecule has 0 atom stereocenters. The summed E-state index contributed by atoms with van der Waals surface area (Å²) in [5.74, 6) is 1.16. The Morgan fingerprint density at radius 2 is 1.74 bits per heavy atom. The lowest BCUT2D eigenvalue weighted by Crippen LogP contribution is -2.44. The molecule has 0 aromatic heterocycles. The molecule has 0 radical (unpaired) electrons. The number of rotatable bonds is 4. The quantitative estimate of drug-likeness (QED) is 0.852. The van der Waals surface area contributed by atoms with E-state index in [1.54, 1.807) is 0 Å². The number of carbonyl (C=O) groups excluding carboxylic acids is 1. The van der Waals surface area contributed by atoms with Gasteiger partial charge in [0.25, 0.3) is 0 Å². The molecular weight excluding hydrogens is 238 g/mol. The Labute approximate surface area is 118 Å². The van der Waals surface area contributed by atoms with Crippen molar-refractivity contribution in [2.45, 2.75) is 66.3 Å². The third-order valence-corrected chi connectivity index (χ3v) is 4.55. The molecule has 1 saturated carbocycles. The van der Waals surface area contributed by atoms with Crippen LogP contribution in [0.5, 0.6) is 0 Å². The van der Waals surface area contributed by atoms with Gasteiger partial charge in [0.05, 0.1) is 6.61 Å². The monoisotopic (exact) mass is 269 g/mol. The Bertz CT molecular complexity index is 286. The number of carbonyl (C=O) groups is 1. The molecule has 112 valence electrons. The molecule has 1 aliphatic carbocycles. The smallest absolute Gasteiger partial charge is 0.225 e. The van der Waals surface area contributed by atoms with Crippen molar-refractivity contribution in [2.75, 3.05) is 13.2 Å². The van der Waals surface area contributed by atoms with E-state index in [0.29, 0.717) is 12.0 Å². The third-order valence-electron chi connectivity index (χ3n) is 4.55. The fourth-order valence-electron chi connectivity index (χ4n) is 3.17. The number of aliphatic hydroxyl groups excluding tert-OH is 1. The van der Waals surface area contributed by atoms with Crippen LogP contribution < -0.4 is 0 Å². The molecule has 1 N–H and O–H groups in total. The Balaban J connectivity index is 2.56. The van der Waals surface area contributed by atoms with E-state index in [0.717, 1.165) is 31.6 Å². The van der Waals surface area contributed by atoms with Crippen molar-refractivity contribution >= 4 is 5.91 Å². The van der Waals surface area contributed by atoms with Crippen LogP contribution in [-0.2, 0) is 4.79 Å². The molecule has 0 aliphatic heterocycles. The minimum absolute atomic E-state index is 0.0568. The summed E-state index contributed by atoms with van der Waals surface area (Å²) < 4.78 is 0. The van der Waals surface area contributed by atoms with Crippen molar-refractivity contribution in [1.82, 2.24) is 4.90 Å². The van der Waals surface area contributed by atoms with Crippen molar-refractivity contribution < 1.29 is 9.90 Å². The van der Waals surface area contributed by atoms with Crippen LogP contribution in [0.3, 0.4) is 0 Å². The van der Waals surface area contributed by atoms with Gasteiger partial charge in [-0.05, 0) is 50.9 Å². The van der Waals surface area contributed by atoms with Crippen molar-refractivity contribution in [1.29, 1.82) is 0 Å². The van der Waals surface area contributed by atoms with Gasteiger partial charge in [0.2, 0.25) is 5.91 Å². The van der Waals surface area contributed by atoms with Gasteiger partial charge in [0.1, 0.15) is 0 Å². The van der Waals surface area contributed by atoms with Gasteiger partial charge in [0.15, 0.2) is 0 Å². The van der Waals surface area contributed by atoms with Crippen LogP contribution in [0.25, 0.3) is 0 Å². The Morgan fingerprint density at radius 1 is 1.21 bits per heavy atom. The number of nitrogens with zero attached hydrogens (tertiary/aromatic N) is 1. The summed E-state index contributed by atoms with van der Waals surface area (Å²) in [6, 6.07) is 0.181. The van der Waals surface area contributed by atoms with Crippen molar-refractivity contribution in [2.24, 2.45) is 17.3 Å². The van der Waals surface area contributed by atoms with E-state index < -0.39 is 0 Å². The normalized spacial score (nSPS) is 24.6. The minimum atomic E-state index is 0.0568. The maximum absolute atomic E-state index is 12.5. The van der Waals surface area contributed by atoms with E-state index in [9.17, 15) is 4.79 Å². The first kappa shape index (κ1) is 16.5. The largest absolute Gasteiger partial charge is 0.395 e. The lowest BCUT2D eigenvalue weighted by atomic mass is 9.69. The molecule has 0 saturated heterocycles. The van der Waals surface area contributed by atoms with Crippen LogP contribution in [-0.4, -0.2) is 35.1 Å². The van der Waals surface area contributed by atoms with Crippen molar-refractivity contribution in [3.05, 3.63) is 0 Å². The molecule has 1 amide bonds. The molecule has 0 unspecified atom stereocenters. The van der Waals surface area contributed by atoms with Gasteiger partial charge in [-0.15, -0.1) is 0 Å². The van der Waals surface area contributed by atoms with E-state index in [1.807, 2.05) is 18.7 Å². The third kappa shape index (κ3) is 4.48. The van der Waals surface area contributed by atoms with Gasteiger partial charge in [-0.25, -0.2) is 0 Å². The first-order valence-electron chi connectivity index (χ1n) is 7.68. The second kappa shape index (κ2) is 6.74. The Morgan fingerprint density at radius 3 is 2.11 bits per heavy atom. The number of hydrogen-bond donors (Lipinski definition) is 1. The van der Waals surface area contributed by atoms with Gasteiger partial charge < -0.3 is 10.0 Å². The highest BCUT2D eigenvalue weighted by atomic mass is 16.3. The summed E-state index contributed by atoms with van der Waals surface area (Å²) in [4.78, 5) is 14.3. The molecule has 0 aromatic rings. The molecular formula is C16H31NO2. The zero-order valence-electron chi connectivity index (χ0n) is 13.3. The molecule has 3 heteroatoms. The maximum Gasteiger partial charge on any atom is 0.225 e. The summed E-state index contributed by atoms with van der Waals surface area (Å²) in [6.07, 6.45) is 4.33. The molecule has 1 fully saturated rings. The van der Waals surface area contributed by atoms with E-state index in [-0.39, 0.29) is 24.5 Å². The molecule has 0 bridgehead atoms. The summed E-state index contributed by atoms with van der Waals surface area (Å²) in [5.41, 5.74) is 0.358. The van der Waals surface area contributed by atoms with Gasteiger partial charge in [0, 0.05) is 18.5 Å².